The predicted octanol–water partition coefficient (Wildman–Crippen LogP) is 1.76. The Morgan fingerprint density at radius 2 is 1.64 bits per heavy atom. The minimum absolute atomic E-state index is 0.111. The lowest BCUT2D eigenvalue weighted by atomic mass is 10.00. The third-order valence-electron chi connectivity index (χ3n) is 2.25. The van der Waals surface area contributed by atoms with E-state index in [0.717, 1.165) is 0 Å². The average molecular weight is 203 g/mol. The molecule has 0 amide bonds. The van der Waals surface area contributed by atoms with Gasteiger partial charge in [0.2, 0.25) is 0 Å². The molecule has 86 valence electrons. The molecule has 0 rings (SSSR count). The molecule has 0 heterocycles. The van der Waals surface area contributed by atoms with Crippen molar-refractivity contribution in [2.75, 3.05) is 7.05 Å². The van der Waals surface area contributed by atoms with Crippen molar-refractivity contribution in [1.29, 1.82) is 0 Å². The van der Waals surface area contributed by atoms with Crippen molar-refractivity contribution >= 4 is 0 Å². The van der Waals surface area contributed by atoms with E-state index in [9.17, 15) is 5.21 Å². The van der Waals surface area contributed by atoms with Crippen LogP contribution in [0.5, 0.6) is 0 Å². The predicted molar refractivity (Wildman–Crippen MR) is 58.6 cm³/mol. The van der Waals surface area contributed by atoms with Crippen molar-refractivity contribution < 1.29 is 4.84 Å². The Balaban J connectivity index is 4.10. The van der Waals surface area contributed by atoms with Crippen LogP contribution in [0.4, 0.5) is 0 Å². The van der Waals surface area contributed by atoms with Gasteiger partial charge >= 0.3 is 0 Å². The summed E-state index contributed by atoms with van der Waals surface area (Å²) < 4.78 is 0. The van der Waals surface area contributed by atoms with Crippen LogP contribution in [0.1, 0.15) is 34.6 Å². The second-order valence-corrected chi connectivity index (χ2v) is 4.25. The number of likely N-dealkylation sites (N-methyl/N-ethyl adjacent to an activating group) is 1. The molecule has 0 aliphatic carbocycles. The fourth-order valence-electron chi connectivity index (χ4n) is 1.46. The van der Waals surface area contributed by atoms with Gasteiger partial charge in [-0.1, -0.05) is 13.8 Å². The highest BCUT2D eigenvalue weighted by atomic mass is 16.9. The second kappa shape index (κ2) is 6.35. The minimum atomic E-state index is -0.137. The molecule has 0 bridgehead atoms. The van der Waals surface area contributed by atoms with Gasteiger partial charge in [-0.05, 0) is 33.7 Å². The van der Waals surface area contributed by atoms with Crippen molar-refractivity contribution in [3.05, 3.63) is 5.21 Å². The van der Waals surface area contributed by atoms with E-state index < -0.39 is 0 Å². The Labute approximate surface area is 87.1 Å². The summed E-state index contributed by atoms with van der Waals surface area (Å²) in [5.41, 5.74) is 0. The maximum atomic E-state index is 11.3. The largest absolute Gasteiger partial charge is 0.762 e. The molecule has 1 N–H and O–H groups in total. The molecule has 0 aliphatic heterocycles. The number of hydrogen-bond acceptors (Lipinski definition) is 4. The summed E-state index contributed by atoms with van der Waals surface area (Å²) in [4.78, 5) is 5.24. The Kier molecular flexibility index (Phi) is 6.27. The van der Waals surface area contributed by atoms with E-state index in [1.165, 1.54) is 0 Å². The summed E-state index contributed by atoms with van der Waals surface area (Å²) in [6.07, 6.45) is -0.111. The molecule has 2 atom stereocenters. The summed E-state index contributed by atoms with van der Waals surface area (Å²) in [6.45, 7) is 9.73. The van der Waals surface area contributed by atoms with Gasteiger partial charge in [0, 0.05) is 12.1 Å². The Morgan fingerprint density at radius 1 is 1.14 bits per heavy atom. The Bertz CT molecular complexity index is 151. The third-order valence-corrected chi connectivity index (χ3v) is 2.25. The first kappa shape index (κ1) is 13.8. The fourth-order valence-corrected chi connectivity index (χ4v) is 1.46. The van der Waals surface area contributed by atoms with Crippen molar-refractivity contribution in [1.82, 2.24) is 10.5 Å². The van der Waals surface area contributed by atoms with Crippen LogP contribution in [0.15, 0.2) is 0 Å². The molecule has 0 aromatic carbocycles. The van der Waals surface area contributed by atoms with E-state index in [2.05, 4.69) is 19.2 Å². The number of hydroxylamine groups is 2. The third kappa shape index (κ3) is 4.37. The standard InChI is InChI=1S/C10H23N2O2/c1-7(2)10(11-6)9(5)14-12(13)8(3)4/h7-11H,1-6H3/q-1. The maximum Gasteiger partial charge on any atom is 0.0908 e. The van der Waals surface area contributed by atoms with Crippen molar-refractivity contribution in [2.45, 2.75) is 52.8 Å². The average Bonchev–Trinajstić information content (AvgIpc) is 2.04. The summed E-state index contributed by atoms with van der Waals surface area (Å²) >= 11 is 0. The summed E-state index contributed by atoms with van der Waals surface area (Å²) in [5, 5.41) is 15.1. The van der Waals surface area contributed by atoms with Gasteiger partial charge in [-0.3, -0.25) is 5.23 Å². The minimum Gasteiger partial charge on any atom is -0.762 e. The van der Waals surface area contributed by atoms with Crippen molar-refractivity contribution in [3.8, 4) is 0 Å². The lowest BCUT2D eigenvalue weighted by Crippen LogP contribution is -2.45. The molecule has 0 aliphatic rings. The van der Waals surface area contributed by atoms with Crippen molar-refractivity contribution in [2.24, 2.45) is 5.92 Å². The molecular weight excluding hydrogens is 180 g/mol. The lowest BCUT2D eigenvalue weighted by molar-refractivity contribution is -0.187. The summed E-state index contributed by atoms with van der Waals surface area (Å²) in [5.74, 6) is 0.440. The van der Waals surface area contributed by atoms with E-state index in [-0.39, 0.29) is 18.2 Å². The topological polar surface area (TPSA) is 47.6 Å². The molecule has 0 spiro atoms. The quantitative estimate of drug-likeness (QED) is 0.668. The highest BCUT2D eigenvalue weighted by Gasteiger charge is 2.20. The fraction of sp³-hybridized carbons (Fsp3) is 1.00. The van der Waals surface area contributed by atoms with E-state index in [1.807, 2.05) is 27.8 Å². The van der Waals surface area contributed by atoms with Gasteiger partial charge in [0.05, 0.1) is 6.10 Å². The normalized spacial score (nSPS) is 16.7. The van der Waals surface area contributed by atoms with Crippen LogP contribution in [0.3, 0.4) is 0 Å². The molecule has 2 unspecified atom stereocenters. The number of nitrogens with one attached hydrogen (secondary N) is 1. The first-order chi connectivity index (χ1) is 6.40. The number of nitrogens with zero attached hydrogens (tertiary/aromatic N) is 1. The first-order valence-corrected chi connectivity index (χ1v) is 5.20. The lowest BCUT2D eigenvalue weighted by Gasteiger charge is -2.37. The Hall–Kier alpha value is -0.160. The second-order valence-electron chi connectivity index (χ2n) is 4.25. The van der Waals surface area contributed by atoms with Gasteiger partial charge < -0.3 is 15.4 Å². The maximum absolute atomic E-state index is 11.3. The van der Waals surface area contributed by atoms with E-state index in [1.54, 1.807) is 0 Å². The summed E-state index contributed by atoms with van der Waals surface area (Å²) in [6, 6.07) is 0.0623. The Morgan fingerprint density at radius 3 is 1.93 bits per heavy atom. The van der Waals surface area contributed by atoms with Crippen LogP contribution < -0.4 is 5.32 Å². The smallest absolute Gasteiger partial charge is 0.0908 e. The van der Waals surface area contributed by atoms with Gasteiger partial charge in [-0.15, -0.1) is 0 Å². The molecule has 0 saturated carbocycles. The van der Waals surface area contributed by atoms with E-state index in [4.69, 9.17) is 4.84 Å². The van der Waals surface area contributed by atoms with E-state index >= 15 is 0 Å². The highest BCUT2D eigenvalue weighted by molar-refractivity contribution is 4.75. The molecule has 0 aromatic heterocycles. The van der Waals surface area contributed by atoms with Gasteiger partial charge in [0.1, 0.15) is 0 Å². The molecular formula is C10H23N2O2-. The van der Waals surface area contributed by atoms with Crippen LogP contribution in [-0.2, 0) is 4.84 Å². The van der Waals surface area contributed by atoms with E-state index in [0.29, 0.717) is 11.1 Å². The zero-order chi connectivity index (χ0) is 11.3. The molecule has 4 heteroatoms. The SMILES string of the molecule is CNC(C(C)C)C(C)ON([O-])C(C)C. The van der Waals surface area contributed by atoms with Crippen LogP contribution in [0, 0.1) is 11.1 Å². The zero-order valence-electron chi connectivity index (χ0n) is 10.1. The van der Waals surface area contributed by atoms with Crippen LogP contribution in [0.2, 0.25) is 0 Å². The molecule has 0 radical (unpaired) electrons. The van der Waals surface area contributed by atoms with Crippen LogP contribution >= 0.6 is 0 Å². The molecule has 4 nitrogen and oxygen atoms in total. The molecule has 14 heavy (non-hydrogen) atoms. The van der Waals surface area contributed by atoms with Gasteiger partial charge in [0.15, 0.2) is 0 Å². The van der Waals surface area contributed by atoms with Gasteiger partial charge in [0.25, 0.3) is 0 Å². The summed E-state index contributed by atoms with van der Waals surface area (Å²) in [7, 11) is 1.88. The highest BCUT2D eigenvalue weighted by Crippen LogP contribution is 2.11. The van der Waals surface area contributed by atoms with Crippen molar-refractivity contribution in [3.63, 3.8) is 0 Å². The van der Waals surface area contributed by atoms with Crippen LogP contribution in [0.25, 0.3) is 0 Å². The molecule has 0 aromatic rings. The van der Waals surface area contributed by atoms with Crippen LogP contribution in [-0.4, -0.2) is 30.5 Å². The monoisotopic (exact) mass is 203 g/mol. The van der Waals surface area contributed by atoms with Gasteiger partial charge in [-0.2, -0.15) is 0 Å². The van der Waals surface area contributed by atoms with Gasteiger partial charge in [-0.25, -0.2) is 0 Å². The molecule has 0 saturated heterocycles. The number of hydrogen-bond donors (Lipinski definition) is 1. The number of rotatable bonds is 6. The first-order valence-electron chi connectivity index (χ1n) is 5.20. The zero-order valence-corrected chi connectivity index (χ0v) is 10.1. The molecule has 0 fully saturated rings.